The summed E-state index contributed by atoms with van der Waals surface area (Å²) in [6.45, 7) is 0. The van der Waals surface area contributed by atoms with E-state index in [1.54, 1.807) is 13.1 Å². The van der Waals surface area contributed by atoms with Crippen LogP contribution >= 0.6 is 11.8 Å². The van der Waals surface area contributed by atoms with Gasteiger partial charge in [-0.3, -0.25) is 14.9 Å². The zero-order chi connectivity index (χ0) is 14.1. The van der Waals surface area contributed by atoms with Gasteiger partial charge in [0.05, 0.1) is 10.4 Å². The number of carbonyl (C=O) groups is 2. The van der Waals surface area contributed by atoms with Gasteiger partial charge in [0, 0.05) is 12.4 Å². The molecule has 1 fully saturated rings. The molecule has 1 aliphatic heterocycles. The van der Waals surface area contributed by atoms with E-state index in [1.807, 2.05) is 18.2 Å². The third-order valence-corrected chi connectivity index (χ3v) is 3.65. The van der Waals surface area contributed by atoms with E-state index in [0.29, 0.717) is 4.91 Å². The molecule has 2 heterocycles. The number of benzene rings is 1. The lowest BCUT2D eigenvalue weighted by Gasteiger charge is -2.04. The predicted octanol–water partition coefficient (Wildman–Crippen LogP) is 2.00. The molecule has 0 aliphatic carbocycles. The van der Waals surface area contributed by atoms with E-state index in [0.717, 1.165) is 34.0 Å². The lowest BCUT2D eigenvalue weighted by Crippen LogP contribution is -2.17. The fraction of sp³-hybridized carbons (Fsp3) is 0.0769. The van der Waals surface area contributed by atoms with Crippen LogP contribution in [-0.4, -0.2) is 28.2 Å². The molecular weight excluding hydrogens is 276 g/mol. The molecule has 2 N–H and O–H groups in total. The molecule has 0 unspecified atom stereocenters. The number of thioether (sulfide) groups is 1. The van der Waals surface area contributed by atoms with Gasteiger partial charge in [-0.25, -0.2) is 9.97 Å². The first kappa shape index (κ1) is 12.6. The molecule has 7 heteroatoms. The van der Waals surface area contributed by atoms with E-state index >= 15 is 0 Å². The molecule has 0 saturated carbocycles. The van der Waals surface area contributed by atoms with Gasteiger partial charge < -0.3 is 5.32 Å². The Morgan fingerprint density at radius 1 is 1.30 bits per heavy atom. The minimum atomic E-state index is -0.363. The number of hydrogen-bond acceptors (Lipinski definition) is 6. The molecular formula is C13H10N4O2S. The molecule has 1 aliphatic rings. The van der Waals surface area contributed by atoms with Gasteiger partial charge in [0.25, 0.3) is 11.1 Å². The van der Waals surface area contributed by atoms with E-state index < -0.39 is 0 Å². The van der Waals surface area contributed by atoms with Crippen molar-refractivity contribution >= 4 is 45.7 Å². The summed E-state index contributed by atoms with van der Waals surface area (Å²) in [6, 6.07) is 5.58. The minimum Gasteiger partial charge on any atom is -0.373 e. The van der Waals surface area contributed by atoms with Crippen LogP contribution in [0.5, 0.6) is 0 Å². The Hall–Kier alpha value is -2.41. The number of nitrogens with zero attached hydrogens (tertiary/aromatic N) is 2. The van der Waals surface area contributed by atoms with Crippen LogP contribution in [0.15, 0.2) is 29.4 Å². The maximum absolute atomic E-state index is 11.5. The largest absolute Gasteiger partial charge is 0.373 e. The molecule has 2 amide bonds. The molecule has 20 heavy (non-hydrogen) atoms. The Bertz CT molecular complexity index is 757. The highest BCUT2D eigenvalue weighted by molar-refractivity contribution is 8.18. The molecule has 0 atom stereocenters. The van der Waals surface area contributed by atoms with Crippen molar-refractivity contribution in [3.05, 3.63) is 35.0 Å². The molecule has 3 rings (SSSR count). The van der Waals surface area contributed by atoms with Crippen LogP contribution in [0, 0.1) is 0 Å². The smallest absolute Gasteiger partial charge is 0.290 e. The average molecular weight is 286 g/mol. The van der Waals surface area contributed by atoms with Crippen molar-refractivity contribution in [1.82, 2.24) is 15.3 Å². The van der Waals surface area contributed by atoms with Crippen molar-refractivity contribution in [3.8, 4) is 0 Å². The van der Waals surface area contributed by atoms with E-state index in [2.05, 4.69) is 20.6 Å². The van der Waals surface area contributed by atoms with Crippen molar-refractivity contribution in [2.75, 3.05) is 12.4 Å². The second-order valence-electron chi connectivity index (χ2n) is 4.10. The van der Waals surface area contributed by atoms with Gasteiger partial charge in [-0.15, -0.1) is 0 Å². The number of amides is 2. The minimum absolute atomic E-state index is 0.346. The Labute approximate surface area is 118 Å². The quantitative estimate of drug-likeness (QED) is 0.821. The Kier molecular flexibility index (Phi) is 3.11. The second-order valence-corrected chi connectivity index (χ2v) is 5.12. The summed E-state index contributed by atoms with van der Waals surface area (Å²) < 4.78 is 0. The van der Waals surface area contributed by atoms with Crippen molar-refractivity contribution in [2.24, 2.45) is 0 Å². The summed E-state index contributed by atoms with van der Waals surface area (Å²) in [6.07, 6.45) is 3.17. The van der Waals surface area contributed by atoms with Gasteiger partial charge in [0.1, 0.15) is 12.1 Å². The molecule has 0 bridgehead atoms. The molecule has 2 aromatic rings. The summed E-state index contributed by atoms with van der Waals surface area (Å²) in [4.78, 5) is 31.4. The van der Waals surface area contributed by atoms with Gasteiger partial charge in [0.15, 0.2) is 0 Å². The first-order valence-corrected chi connectivity index (χ1v) is 6.66. The maximum atomic E-state index is 11.5. The Morgan fingerprint density at radius 3 is 2.85 bits per heavy atom. The number of nitrogens with one attached hydrogen (secondary N) is 2. The van der Waals surface area contributed by atoms with Gasteiger partial charge in [0.2, 0.25) is 0 Å². The van der Waals surface area contributed by atoms with Gasteiger partial charge >= 0.3 is 0 Å². The zero-order valence-corrected chi connectivity index (χ0v) is 11.3. The van der Waals surface area contributed by atoms with E-state index in [-0.39, 0.29) is 11.1 Å². The zero-order valence-electron chi connectivity index (χ0n) is 10.5. The van der Waals surface area contributed by atoms with Crippen LogP contribution in [0.1, 0.15) is 5.56 Å². The average Bonchev–Trinajstić information content (AvgIpc) is 2.76. The third kappa shape index (κ3) is 2.23. The van der Waals surface area contributed by atoms with E-state index in [9.17, 15) is 9.59 Å². The Morgan fingerprint density at radius 2 is 2.15 bits per heavy atom. The number of imide groups is 1. The number of hydrogen-bond donors (Lipinski definition) is 2. The summed E-state index contributed by atoms with van der Waals surface area (Å²) in [5.41, 5.74) is 1.63. The molecule has 0 radical (unpaired) electrons. The molecule has 0 spiro atoms. The summed E-state index contributed by atoms with van der Waals surface area (Å²) in [5, 5.41) is 5.74. The first-order valence-electron chi connectivity index (χ1n) is 5.85. The molecule has 100 valence electrons. The van der Waals surface area contributed by atoms with Gasteiger partial charge in [-0.05, 0) is 35.5 Å². The number of aromatic nitrogens is 2. The molecule has 1 aromatic carbocycles. The van der Waals surface area contributed by atoms with E-state index in [1.165, 1.54) is 6.33 Å². The third-order valence-electron chi connectivity index (χ3n) is 2.84. The summed E-state index contributed by atoms with van der Waals surface area (Å²) in [7, 11) is 1.78. The number of fused-ring (bicyclic) bond motifs is 1. The van der Waals surface area contributed by atoms with Crippen molar-refractivity contribution in [2.45, 2.75) is 0 Å². The van der Waals surface area contributed by atoms with Crippen LogP contribution in [-0.2, 0) is 4.79 Å². The van der Waals surface area contributed by atoms with Gasteiger partial charge in [-0.1, -0.05) is 6.07 Å². The highest BCUT2D eigenvalue weighted by Gasteiger charge is 2.24. The molecule has 1 aromatic heterocycles. The lowest BCUT2D eigenvalue weighted by atomic mass is 10.1. The highest BCUT2D eigenvalue weighted by Crippen LogP contribution is 2.27. The fourth-order valence-electron chi connectivity index (χ4n) is 1.94. The van der Waals surface area contributed by atoms with Crippen LogP contribution in [0.4, 0.5) is 10.6 Å². The number of anilines is 1. The molecule has 1 saturated heterocycles. The fourth-order valence-corrected chi connectivity index (χ4v) is 2.62. The monoisotopic (exact) mass is 286 g/mol. The topological polar surface area (TPSA) is 84.0 Å². The predicted molar refractivity (Wildman–Crippen MR) is 78.2 cm³/mol. The van der Waals surface area contributed by atoms with Crippen LogP contribution in [0.25, 0.3) is 17.0 Å². The van der Waals surface area contributed by atoms with Crippen LogP contribution in [0.3, 0.4) is 0 Å². The van der Waals surface area contributed by atoms with Crippen molar-refractivity contribution in [1.29, 1.82) is 0 Å². The maximum Gasteiger partial charge on any atom is 0.290 e. The molecule has 6 nitrogen and oxygen atoms in total. The first-order chi connectivity index (χ1) is 9.67. The normalized spacial score (nSPS) is 16.8. The SMILES string of the molecule is CNc1ncnc2ccc(/C=C3/SC(=O)NC3=O)cc12. The van der Waals surface area contributed by atoms with Crippen LogP contribution < -0.4 is 10.6 Å². The summed E-state index contributed by atoms with van der Waals surface area (Å²) >= 11 is 0.898. The number of carbonyl (C=O) groups excluding carboxylic acids is 2. The second kappa shape index (κ2) is 4.93. The Balaban J connectivity index is 2.07. The lowest BCUT2D eigenvalue weighted by molar-refractivity contribution is -0.115. The highest BCUT2D eigenvalue weighted by atomic mass is 32.2. The number of rotatable bonds is 2. The van der Waals surface area contributed by atoms with Crippen LogP contribution in [0.2, 0.25) is 0 Å². The van der Waals surface area contributed by atoms with Gasteiger partial charge in [-0.2, -0.15) is 0 Å². The van der Waals surface area contributed by atoms with Crippen molar-refractivity contribution < 1.29 is 9.59 Å². The van der Waals surface area contributed by atoms with E-state index in [4.69, 9.17) is 0 Å². The van der Waals surface area contributed by atoms with Crippen molar-refractivity contribution in [3.63, 3.8) is 0 Å². The standard InChI is InChI=1S/C13H10N4O2S/c1-14-11-8-4-7(2-3-9(8)15-6-16-11)5-10-12(18)17-13(19)20-10/h2-6H,1H3,(H,14,15,16)(H,17,18,19)/b10-5+. The summed E-state index contributed by atoms with van der Waals surface area (Å²) in [5.74, 6) is 0.355.